The number of nitrogens with zero attached hydrogens (tertiary/aromatic N) is 1. The van der Waals surface area contributed by atoms with Crippen LogP contribution in [0.1, 0.15) is 39.2 Å². The number of primary amides is 1. The highest BCUT2D eigenvalue weighted by atomic mass is 16.6. The van der Waals surface area contributed by atoms with Gasteiger partial charge in [0.15, 0.2) is 5.88 Å². The summed E-state index contributed by atoms with van der Waals surface area (Å²) in [5.41, 5.74) is 6.32. The Kier molecular flexibility index (Phi) is 7.87. The highest BCUT2D eigenvalue weighted by Gasteiger charge is 2.43. The molecule has 0 aliphatic carbocycles. The zero-order valence-electron chi connectivity index (χ0n) is 22.7. The molecule has 1 fully saturated rings. The quantitative estimate of drug-likeness (QED) is 0.365. The van der Waals surface area contributed by atoms with Gasteiger partial charge in [-0.2, -0.15) is 0 Å². The number of carbonyl (C=O) groups is 3. The summed E-state index contributed by atoms with van der Waals surface area (Å²) >= 11 is 0. The number of rotatable bonds is 7. The minimum atomic E-state index is -1.28. The van der Waals surface area contributed by atoms with E-state index in [0.29, 0.717) is 0 Å². The van der Waals surface area contributed by atoms with E-state index >= 15 is 0 Å². The molecule has 2 heterocycles. The van der Waals surface area contributed by atoms with Crippen molar-refractivity contribution in [3.8, 4) is 17.0 Å². The van der Waals surface area contributed by atoms with Gasteiger partial charge in [0.05, 0.1) is 0 Å². The molecule has 0 radical (unpaired) electrons. The molecule has 1 aliphatic heterocycles. The largest absolute Gasteiger partial charge is 0.494 e. The number of aromatic hydroxyl groups is 1. The lowest BCUT2D eigenvalue weighted by Crippen LogP contribution is -2.64. The van der Waals surface area contributed by atoms with Crippen LogP contribution in [0.4, 0.5) is 4.79 Å². The van der Waals surface area contributed by atoms with E-state index in [-0.39, 0.29) is 38.4 Å². The third-order valence-corrected chi connectivity index (χ3v) is 6.86. The number of nitrogens with one attached hydrogen (secondary N) is 2. The Bertz CT molecular complexity index is 1370. The van der Waals surface area contributed by atoms with Crippen LogP contribution in [0.2, 0.25) is 0 Å². The molecule has 1 aromatic heterocycles. The van der Waals surface area contributed by atoms with Crippen molar-refractivity contribution in [1.29, 1.82) is 0 Å². The highest BCUT2D eigenvalue weighted by molar-refractivity contribution is 5.94. The van der Waals surface area contributed by atoms with Crippen LogP contribution in [-0.2, 0) is 32.5 Å². The van der Waals surface area contributed by atoms with Gasteiger partial charge in [0.25, 0.3) is 0 Å². The van der Waals surface area contributed by atoms with E-state index in [1.54, 1.807) is 32.4 Å². The van der Waals surface area contributed by atoms with E-state index in [1.807, 2.05) is 48.7 Å². The molecule has 0 saturated carbocycles. The van der Waals surface area contributed by atoms with E-state index in [1.165, 1.54) is 0 Å². The number of fused-ring (bicyclic) bond motifs is 1. The fraction of sp³-hybridized carbons (Fsp3) is 0.414. The number of alkyl carbamates (subject to hydrolysis) is 1. The monoisotopic (exact) mass is 536 g/mol. The summed E-state index contributed by atoms with van der Waals surface area (Å²) in [6, 6.07) is 12.5. The van der Waals surface area contributed by atoms with Crippen molar-refractivity contribution >= 4 is 28.7 Å². The summed E-state index contributed by atoms with van der Waals surface area (Å²) in [6.07, 6.45) is 1.80. The van der Waals surface area contributed by atoms with E-state index in [9.17, 15) is 19.5 Å². The van der Waals surface area contributed by atoms with Crippen LogP contribution >= 0.6 is 0 Å². The number of amides is 3. The number of aryl methyl sites for hydroxylation is 1. The normalized spacial score (nSPS) is 15.9. The first-order valence-corrected chi connectivity index (χ1v) is 12.9. The number of nitrogens with two attached hydrogens (primary N) is 1. The minimum absolute atomic E-state index is 0.179. The molecule has 0 bridgehead atoms. The Balaban J connectivity index is 1.48. The maximum absolute atomic E-state index is 13.4. The second kappa shape index (κ2) is 11.0. The fourth-order valence-electron chi connectivity index (χ4n) is 4.72. The summed E-state index contributed by atoms with van der Waals surface area (Å²) in [5.74, 6) is -0.989. The summed E-state index contributed by atoms with van der Waals surface area (Å²) in [7, 11) is 1.79. The molecule has 3 aromatic rings. The number of ether oxygens (including phenoxy) is 2. The van der Waals surface area contributed by atoms with Gasteiger partial charge in [-0.15, -0.1) is 0 Å². The van der Waals surface area contributed by atoms with Gasteiger partial charge in [-0.3, -0.25) is 9.59 Å². The van der Waals surface area contributed by atoms with Gasteiger partial charge >= 0.3 is 6.09 Å². The lowest BCUT2D eigenvalue weighted by Gasteiger charge is -2.37. The predicted molar refractivity (Wildman–Crippen MR) is 147 cm³/mol. The summed E-state index contributed by atoms with van der Waals surface area (Å²) < 4.78 is 12.4. The number of carbonyl (C=O) groups excluding carboxylic acids is 3. The molecule has 1 saturated heterocycles. The minimum Gasteiger partial charge on any atom is -0.494 e. The van der Waals surface area contributed by atoms with E-state index in [4.69, 9.17) is 15.2 Å². The lowest BCUT2D eigenvalue weighted by molar-refractivity contribution is -0.135. The van der Waals surface area contributed by atoms with E-state index < -0.39 is 35.1 Å². The van der Waals surface area contributed by atoms with Crippen molar-refractivity contribution < 1.29 is 29.0 Å². The number of benzene rings is 2. The molecule has 10 nitrogen and oxygen atoms in total. The van der Waals surface area contributed by atoms with Crippen LogP contribution < -0.4 is 16.4 Å². The highest BCUT2D eigenvalue weighted by Crippen LogP contribution is 2.31. The standard InChI is InChI=1S/C29H36N4O6/c1-28(2,3)39-27(37)32-29(11-13-38-14-12-29)26(36)31-23(24(30)34)15-18-5-7-19(8-6-18)20-9-10-21-17-33(4)25(35)22(21)16-20/h5-10,16-17,23,35H,11-15H2,1-4H3,(H2,30,34)(H,31,36)(H,32,37)/t23-/m0/s1. The Labute approximate surface area is 227 Å². The van der Waals surface area contributed by atoms with Gasteiger partial charge < -0.3 is 35.5 Å². The molecule has 0 unspecified atom stereocenters. The van der Waals surface area contributed by atoms with E-state index in [2.05, 4.69) is 10.6 Å². The van der Waals surface area contributed by atoms with Gasteiger partial charge in [0, 0.05) is 56.5 Å². The van der Waals surface area contributed by atoms with Crippen LogP contribution in [0.5, 0.6) is 5.88 Å². The number of hydrogen-bond donors (Lipinski definition) is 4. The van der Waals surface area contributed by atoms with Gasteiger partial charge in [-0.05, 0) is 43.5 Å². The molecule has 5 N–H and O–H groups in total. The maximum atomic E-state index is 13.4. The Morgan fingerprint density at radius 3 is 2.36 bits per heavy atom. The summed E-state index contributed by atoms with van der Waals surface area (Å²) in [6.45, 7) is 5.77. The smallest absolute Gasteiger partial charge is 0.408 e. The molecular formula is C29H36N4O6. The van der Waals surface area contributed by atoms with E-state index in [0.717, 1.165) is 27.5 Å². The average molecular weight is 537 g/mol. The molecule has 1 aliphatic rings. The Hall–Kier alpha value is -4.05. The van der Waals surface area contributed by atoms with Crippen molar-refractivity contribution in [2.24, 2.45) is 12.8 Å². The van der Waals surface area contributed by atoms with Crippen LogP contribution in [0.15, 0.2) is 48.7 Å². The van der Waals surface area contributed by atoms with Crippen molar-refractivity contribution in [1.82, 2.24) is 15.2 Å². The van der Waals surface area contributed by atoms with Gasteiger partial charge in [0.1, 0.15) is 17.2 Å². The summed E-state index contributed by atoms with van der Waals surface area (Å²) in [5, 5.41) is 17.5. The van der Waals surface area contributed by atoms with Gasteiger partial charge in [-0.25, -0.2) is 4.79 Å². The van der Waals surface area contributed by atoms with Gasteiger partial charge in [-0.1, -0.05) is 36.4 Å². The first kappa shape index (κ1) is 28.0. The molecule has 3 amide bonds. The topological polar surface area (TPSA) is 145 Å². The van der Waals surface area contributed by atoms with Crippen LogP contribution in [0.3, 0.4) is 0 Å². The molecule has 39 heavy (non-hydrogen) atoms. The molecule has 0 spiro atoms. The van der Waals surface area contributed by atoms with Crippen molar-refractivity contribution in [2.75, 3.05) is 13.2 Å². The summed E-state index contributed by atoms with van der Waals surface area (Å²) in [4.78, 5) is 38.3. The van der Waals surface area contributed by atoms with Crippen molar-refractivity contribution in [3.05, 3.63) is 54.2 Å². The molecule has 2 aromatic carbocycles. The van der Waals surface area contributed by atoms with Crippen molar-refractivity contribution in [3.63, 3.8) is 0 Å². The molecule has 4 rings (SSSR count). The number of aromatic nitrogens is 1. The first-order chi connectivity index (χ1) is 18.4. The van der Waals surface area contributed by atoms with Crippen LogP contribution in [0, 0.1) is 0 Å². The zero-order valence-corrected chi connectivity index (χ0v) is 22.7. The second-order valence-corrected chi connectivity index (χ2v) is 11.0. The Morgan fingerprint density at radius 1 is 1.10 bits per heavy atom. The SMILES string of the molecule is Cn1cc2ccc(-c3ccc(C[C@H](NC(=O)C4(NC(=O)OC(C)(C)C)CCOCC4)C(N)=O)cc3)cc2c1O. The number of hydrogen-bond acceptors (Lipinski definition) is 6. The third-order valence-electron chi connectivity index (χ3n) is 6.86. The lowest BCUT2D eigenvalue weighted by atomic mass is 9.88. The molecule has 10 heteroatoms. The predicted octanol–water partition coefficient (Wildman–Crippen LogP) is 3.14. The zero-order chi connectivity index (χ0) is 28.4. The Morgan fingerprint density at radius 2 is 1.74 bits per heavy atom. The molecular weight excluding hydrogens is 500 g/mol. The molecule has 208 valence electrons. The average Bonchev–Trinajstić information content (AvgIpc) is 3.16. The van der Waals surface area contributed by atoms with Crippen LogP contribution in [-0.4, -0.2) is 58.0 Å². The first-order valence-electron chi connectivity index (χ1n) is 12.9. The second-order valence-electron chi connectivity index (χ2n) is 11.0. The fourth-order valence-corrected chi connectivity index (χ4v) is 4.72. The molecule has 1 atom stereocenters. The maximum Gasteiger partial charge on any atom is 0.408 e. The van der Waals surface area contributed by atoms with Gasteiger partial charge in [0.2, 0.25) is 11.8 Å². The third kappa shape index (κ3) is 6.51. The van der Waals surface area contributed by atoms with Crippen LogP contribution in [0.25, 0.3) is 21.9 Å². The van der Waals surface area contributed by atoms with Crippen molar-refractivity contribution in [2.45, 2.75) is 57.2 Å².